The highest BCUT2D eigenvalue weighted by Crippen LogP contribution is 2.38. The zero-order valence-corrected chi connectivity index (χ0v) is 28.3. The number of halogens is 1. The summed E-state index contributed by atoms with van der Waals surface area (Å²) in [7, 11) is -1.89. The smallest absolute Gasteiger partial charge is 0.286 e. The van der Waals surface area contributed by atoms with E-state index in [1.165, 1.54) is 17.2 Å². The van der Waals surface area contributed by atoms with Crippen LogP contribution in [0.15, 0.2) is 71.0 Å². The molecular formula is C34H48ClN3O5S. The number of anilines is 1. The summed E-state index contributed by atoms with van der Waals surface area (Å²) in [5, 5.41) is 6.97. The second kappa shape index (κ2) is 16.0. The summed E-state index contributed by atoms with van der Waals surface area (Å²) in [5.74, 6) is 0.251. The fourth-order valence-electron chi connectivity index (χ4n) is 5.53. The number of ether oxygens (including phenoxy) is 3. The SMILES string of the molecule is C=CCOC(C)(C)C(=O)N=S(N)(=O)c1ccc2c(c1)N(CC[C@@H](CC)C(C=C)OC)CC(c1ccc(Cl)cc1CCC)CO2. The Morgan fingerprint density at radius 2 is 2.02 bits per heavy atom. The second-order valence-corrected chi connectivity index (χ2v) is 13.9. The molecular weight excluding hydrogens is 598 g/mol. The van der Waals surface area contributed by atoms with Gasteiger partial charge < -0.3 is 19.1 Å². The Kier molecular flexibility index (Phi) is 13.0. The van der Waals surface area contributed by atoms with Gasteiger partial charge in [-0.15, -0.1) is 17.5 Å². The molecule has 0 spiro atoms. The first-order chi connectivity index (χ1) is 20.9. The Morgan fingerprint density at radius 3 is 2.66 bits per heavy atom. The van der Waals surface area contributed by atoms with Gasteiger partial charge in [-0.2, -0.15) is 0 Å². The topological polar surface area (TPSA) is 103 Å². The molecule has 8 nitrogen and oxygen atoms in total. The molecule has 1 heterocycles. The molecule has 0 fully saturated rings. The number of nitrogens with zero attached hydrogens (tertiary/aromatic N) is 2. The molecule has 0 aliphatic carbocycles. The lowest BCUT2D eigenvalue weighted by Crippen LogP contribution is -2.35. The largest absolute Gasteiger partial charge is 0.491 e. The Morgan fingerprint density at radius 1 is 1.27 bits per heavy atom. The van der Waals surface area contributed by atoms with Gasteiger partial charge in [-0.25, -0.2) is 9.35 Å². The molecule has 2 aromatic rings. The number of fused-ring (bicyclic) bond motifs is 1. The minimum absolute atomic E-state index is 0.0543. The number of nitrogens with two attached hydrogens (primary N) is 1. The maximum atomic E-state index is 13.7. The van der Waals surface area contributed by atoms with E-state index in [-0.39, 0.29) is 29.4 Å². The fourth-order valence-corrected chi connectivity index (χ4v) is 6.84. The molecule has 2 N–H and O–H groups in total. The first-order valence-corrected chi connectivity index (χ1v) is 17.2. The number of benzene rings is 2. The molecule has 3 unspecified atom stereocenters. The van der Waals surface area contributed by atoms with Crippen molar-refractivity contribution in [1.29, 1.82) is 0 Å². The molecule has 242 valence electrons. The molecule has 0 radical (unpaired) electrons. The van der Waals surface area contributed by atoms with E-state index < -0.39 is 21.4 Å². The highest BCUT2D eigenvalue weighted by molar-refractivity contribution is 7.91. The summed E-state index contributed by atoms with van der Waals surface area (Å²) in [6.45, 7) is 16.9. The van der Waals surface area contributed by atoms with Gasteiger partial charge in [0.05, 0.1) is 29.9 Å². The summed E-state index contributed by atoms with van der Waals surface area (Å²) in [5.41, 5.74) is 1.85. The molecule has 0 saturated carbocycles. The third-order valence-electron chi connectivity index (χ3n) is 8.11. The first-order valence-electron chi connectivity index (χ1n) is 15.2. The Hall–Kier alpha value is -2.69. The normalized spacial score (nSPS) is 17.8. The van der Waals surface area contributed by atoms with Crippen molar-refractivity contribution in [2.24, 2.45) is 15.4 Å². The molecule has 4 atom stereocenters. The fraction of sp³-hybridized carbons (Fsp3) is 0.500. The van der Waals surface area contributed by atoms with Crippen molar-refractivity contribution in [3.63, 3.8) is 0 Å². The van der Waals surface area contributed by atoms with Crippen LogP contribution < -0.4 is 14.8 Å². The molecule has 3 rings (SSSR count). The number of methoxy groups -OCH3 is 1. The van der Waals surface area contributed by atoms with Crippen molar-refractivity contribution < 1.29 is 23.2 Å². The van der Waals surface area contributed by atoms with Crippen LogP contribution >= 0.6 is 11.6 Å². The molecule has 1 aliphatic rings. The lowest BCUT2D eigenvalue weighted by molar-refractivity contribution is -0.137. The number of carbonyl (C=O) groups is 1. The minimum Gasteiger partial charge on any atom is -0.491 e. The van der Waals surface area contributed by atoms with Crippen LogP contribution in [0.1, 0.15) is 64.0 Å². The monoisotopic (exact) mass is 645 g/mol. The number of hydrogen-bond acceptors (Lipinski definition) is 6. The summed E-state index contributed by atoms with van der Waals surface area (Å²) in [4.78, 5) is 15.5. The van der Waals surface area contributed by atoms with Crippen molar-refractivity contribution in [3.05, 3.63) is 77.9 Å². The van der Waals surface area contributed by atoms with Gasteiger partial charge in [0, 0.05) is 31.1 Å². The van der Waals surface area contributed by atoms with Crippen LogP contribution in [-0.2, 0) is 30.6 Å². The summed E-state index contributed by atoms with van der Waals surface area (Å²) < 4.78 is 35.3. The number of rotatable bonds is 15. The maximum absolute atomic E-state index is 13.7. The van der Waals surface area contributed by atoms with Gasteiger partial charge in [0.1, 0.15) is 21.3 Å². The van der Waals surface area contributed by atoms with E-state index in [9.17, 15) is 9.00 Å². The highest BCUT2D eigenvalue weighted by atomic mass is 35.5. The zero-order valence-electron chi connectivity index (χ0n) is 26.7. The third kappa shape index (κ3) is 8.95. The average molecular weight is 646 g/mol. The number of amides is 1. The summed E-state index contributed by atoms with van der Waals surface area (Å²) in [6.07, 6.45) is 6.96. The Balaban J connectivity index is 2.06. The number of aryl methyl sites for hydroxylation is 1. The lowest BCUT2D eigenvalue weighted by atomic mass is 9.91. The van der Waals surface area contributed by atoms with Gasteiger partial charge in [0.15, 0.2) is 0 Å². The van der Waals surface area contributed by atoms with Crippen molar-refractivity contribution in [2.75, 3.05) is 38.3 Å². The van der Waals surface area contributed by atoms with Gasteiger partial charge in [0.25, 0.3) is 5.91 Å². The van der Waals surface area contributed by atoms with Crippen molar-refractivity contribution in [2.45, 2.75) is 75.9 Å². The minimum atomic E-state index is -3.59. The third-order valence-corrected chi connectivity index (χ3v) is 9.71. The van der Waals surface area contributed by atoms with Crippen LogP contribution in [0.5, 0.6) is 5.75 Å². The molecule has 0 saturated heterocycles. The van der Waals surface area contributed by atoms with E-state index in [1.54, 1.807) is 39.2 Å². The van der Waals surface area contributed by atoms with Crippen LogP contribution in [0.25, 0.3) is 0 Å². The molecule has 2 aromatic carbocycles. The molecule has 0 bridgehead atoms. The molecule has 1 aliphatic heterocycles. The van der Waals surface area contributed by atoms with E-state index in [0.29, 0.717) is 30.5 Å². The van der Waals surface area contributed by atoms with Gasteiger partial charge in [-0.1, -0.05) is 56.5 Å². The van der Waals surface area contributed by atoms with Crippen LogP contribution in [0.2, 0.25) is 5.02 Å². The van der Waals surface area contributed by atoms with E-state index in [1.807, 2.05) is 18.2 Å². The van der Waals surface area contributed by atoms with Crippen LogP contribution in [0.3, 0.4) is 0 Å². The highest BCUT2D eigenvalue weighted by Gasteiger charge is 2.31. The van der Waals surface area contributed by atoms with E-state index in [0.717, 1.165) is 31.4 Å². The van der Waals surface area contributed by atoms with Gasteiger partial charge in [-0.3, -0.25) is 4.79 Å². The Bertz CT molecular complexity index is 1440. The second-order valence-electron chi connectivity index (χ2n) is 11.6. The number of hydrogen-bond donors (Lipinski definition) is 1. The van der Waals surface area contributed by atoms with Gasteiger partial charge in [-0.05, 0) is 74.1 Å². The van der Waals surface area contributed by atoms with Gasteiger partial charge >= 0.3 is 0 Å². The zero-order chi connectivity index (χ0) is 32.5. The van der Waals surface area contributed by atoms with E-state index >= 15 is 0 Å². The molecule has 44 heavy (non-hydrogen) atoms. The van der Waals surface area contributed by atoms with E-state index in [2.05, 4.69) is 42.3 Å². The number of carbonyl (C=O) groups excluding carboxylic acids is 1. The summed E-state index contributed by atoms with van der Waals surface area (Å²) >= 11 is 6.39. The maximum Gasteiger partial charge on any atom is 0.286 e. The predicted molar refractivity (Wildman–Crippen MR) is 180 cm³/mol. The van der Waals surface area contributed by atoms with Gasteiger partial charge in [0.2, 0.25) is 0 Å². The van der Waals surface area contributed by atoms with Crippen molar-refractivity contribution in [3.8, 4) is 5.75 Å². The van der Waals surface area contributed by atoms with Crippen LogP contribution in [0, 0.1) is 5.92 Å². The quantitative estimate of drug-likeness (QED) is 0.207. The standard InChI is InChI=1S/C34H48ClN3O5S/c1-8-12-25-20-27(35)13-15-29(25)26-22-38(18-17-24(10-3)31(11-4)41-7)30-21-28(14-16-32(30)42-23-26)44(36,40)37-33(39)34(5,6)43-19-9-2/h9,11,13-16,20-21,24,26,31H,2,4,8,10,12,17-19,22-23H2,1,3,5-7H3,(H2,36,37,39,40)/t24-,26?,31?,44?/m1/s1. The van der Waals surface area contributed by atoms with Crippen LogP contribution in [0.4, 0.5) is 5.69 Å². The summed E-state index contributed by atoms with van der Waals surface area (Å²) in [6, 6.07) is 11.2. The molecule has 10 heteroatoms. The Labute approximate surface area is 268 Å². The predicted octanol–water partition coefficient (Wildman–Crippen LogP) is 7.10. The lowest BCUT2D eigenvalue weighted by Gasteiger charge is -2.31. The van der Waals surface area contributed by atoms with E-state index in [4.69, 9.17) is 31.0 Å². The van der Waals surface area contributed by atoms with Crippen LogP contribution in [-0.4, -0.2) is 55.2 Å². The van der Waals surface area contributed by atoms with Crippen molar-refractivity contribution in [1.82, 2.24) is 0 Å². The average Bonchev–Trinajstić information content (AvgIpc) is 3.17. The molecule has 1 amide bonds. The first kappa shape index (κ1) is 35.8. The molecule has 0 aromatic heterocycles. The van der Waals surface area contributed by atoms with Crippen molar-refractivity contribution >= 4 is 33.1 Å².